The molecule has 25 heavy (non-hydrogen) atoms. The van der Waals surface area contributed by atoms with E-state index in [2.05, 4.69) is 10.4 Å². The number of primary amides is 1. The molecule has 1 unspecified atom stereocenters. The highest BCUT2D eigenvalue weighted by Gasteiger charge is 2.33. The molecular formula is C15H15F3N4O2S. The van der Waals surface area contributed by atoms with Crippen molar-refractivity contribution in [2.24, 2.45) is 11.7 Å². The van der Waals surface area contributed by atoms with E-state index in [-0.39, 0.29) is 10.8 Å². The Bertz CT molecular complexity index is 812. The Morgan fingerprint density at radius 2 is 2.16 bits per heavy atom. The molecule has 0 aliphatic carbocycles. The number of alkyl halides is 3. The van der Waals surface area contributed by atoms with Gasteiger partial charge in [-0.2, -0.15) is 18.3 Å². The van der Waals surface area contributed by atoms with Gasteiger partial charge in [0.15, 0.2) is 0 Å². The minimum Gasteiger partial charge on any atom is -0.365 e. The third-order valence-electron chi connectivity index (χ3n) is 4.11. The molecule has 3 rings (SSSR count). The van der Waals surface area contributed by atoms with Gasteiger partial charge in [-0.05, 0) is 30.9 Å². The van der Waals surface area contributed by atoms with Crippen LogP contribution in [0.15, 0.2) is 18.3 Å². The predicted octanol–water partition coefficient (Wildman–Crippen LogP) is 2.05. The Balaban J connectivity index is 1.61. The molecule has 0 spiro atoms. The molecule has 2 amide bonds. The van der Waals surface area contributed by atoms with Gasteiger partial charge in [-0.1, -0.05) is 0 Å². The molecule has 0 saturated carbocycles. The van der Waals surface area contributed by atoms with E-state index < -0.39 is 22.9 Å². The number of fused-ring (bicyclic) bond motifs is 1. The normalized spacial score (nSPS) is 17.2. The second kappa shape index (κ2) is 6.51. The summed E-state index contributed by atoms with van der Waals surface area (Å²) in [7, 11) is 0. The molecule has 134 valence electrons. The van der Waals surface area contributed by atoms with Crippen molar-refractivity contribution >= 4 is 23.2 Å². The van der Waals surface area contributed by atoms with Crippen molar-refractivity contribution in [3.63, 3.8) is 0 Å². The molecule has 2 aromatic heterocycles. The fraction of sp³-hybridized carbons (Fsp3) is 0.400. The van der Waals surface area contributed by atoms with Crippen LogP contribution in [0.3, 0.4) is 0 Å². The van der Waals surface area contributed by atoms with Crippen LogP contribution >= 0.6 is 11.3 Å². The van der Waals surface area contributed by atoms with Gasteiger partial charge < -0.3 is 11.1 Å². The van der Waals surface area contributed by atoms with Crippen LogP contribution in [0, 0.1) is 5.92 Å². The van der Waals surface area contributed by atoms with Gasteiger partial charge in [0.1, 0.15) is 4.88 Å². The lowest BCUT2D eigenvalue weighted by atomic mass is 9.94. The first kappa shape index (κ1) is 17.5. The molecule has 3 heterocycles. The smallest absolute Gasteiger partial charge is 0.365 e. The predicted molar refractivity (Wildman–Crippen MR) is 84.2 cm³/mol. The van der Waals surface area contributed by atoms with Crippen molar-refractivity contribution in [2.45, 2.75) is 25.6 Å². The van der Waals surface area contributed by atoms with Crippen LogP contribution in [-0.2, 0) is 19.1 Å². The lowest BCUT2D eigenvalue weighted by Gasteiger charge is -2.24. The number of aromatic nitrogens is 2. The number of rotatable bonds is 4. The number of halogens is 3. The van der Waals surface area contributed by atoms with Crippen LogP contribution in [0.25, 0.3) is 0 Å². The molecule has 2 aromatic rings. The summed E-state index contributed by atoms with van der Waals surface area (Å²) in [6.45, 7) is 0.905. The van der Waals surface area contributed by atoms with Gasteiger partial charge in [0.2, 0.25) is 0 Å². The van der Waals surface area contributed by atoms with Gasteiger partial charge in [-0.3, -0.25) is 14.3 Å². The summed E-state index contributed by atoms with van der Waals surface area (Å²) in [6, 6.07) is 2.07. The van der Waals surface area contributed by atoms with Crippen LogP contribution in [0.4, 0.5) is 13.2 Å². The molecule has 3 N–H and O–H groups in total. The Hall–Kier alpha value is -2.36. The van der Waals surface area contributed by atoms with Crippen molar-refractivity contribution < 1.29 is 22.8 Å². The second-order valence-electron chi connectivity index (χ2n) is 5.82. The number of amides is 2. The van der Waals surface area contributed by atoms with E-state index in [1.54, 1.807) is 4.68 Å². The third kappa shape index (κ3) is 3.68. The Morgan fingerprint density at radius 3 is 2.80 bits per heavy atom. The average molecular weight is 372 g/mol. The molecule has 0 fully saturated rings. The van der Waals surface area contributed by atoms with Gasteiger partial charge in [-0.25, -0.2) is 0 Å². The van der Waals surface area contributed by atoms with E-state index in [0.717, 1.165) is 18.2 Å². The van der Waals surface area contributed by atoms with E-state index in [1.807, 2.05) is 0 Å². The molecule has 6 nitrogen and oxygen atoms in total. The fourth-order valence-electron chi connectivity index (χ4n) is 2.82. The molecule has 0 aromatic carbocycles. The zero-order chi connectivity index (χ0) is 18.2. The largest absolute Gasteiger partial charge is 0.425 e. The van der Waals surface area contributed by atoms with Crippen LogP contribution in [0.1, 0.15) is 37.0 Å². The molecule has 1 aliphatic rings. The SMILES string of the molecule is NC(=O)c1cnn2c1CC(CNC(=O)c1ccc(C(F)(F)F)s1)CC2. The summed E-state index contributed by atoms with van der Waals surface area (Å²) in [6.07, 6.45) is -1.75. The minimum atomic E-state index is -4.45. The summed E-state index contributed by atoms with van der Waals surface area (Å²) in [5, 5.41) is 6.77. The van der Waals surface area contributed by atoms with Gasteiger partial charge in [0.05, 0.1) is 22.3 Å². The van der Waals surface area contributed by atoms with Crippen molar-refractivity contribution in [3.05, 3.63) is 39.3 Å². The first-order valence-corrected chi connectivity index (χ1v) is 8.37. The fourth-order valence-corrected chi connectivity index (χ4v) is 3.61. The summed E-state index contributed by atoms with van der Waals surface area (Å²) in [4.78, 5) is 22.6. The summed E-state index contributed by atoms with van der Waals surface area (Å²) in [5.74, 6) is -1.02. The van der Waals surface area contributed by atoms with Crippen molar-refractivity contribution in [1.82, 2.24) is 15.1 Å². The Kier molecular flexibility index (Phi) is 4.55. The van der Waals surface area contributed by atoms with Crippen LogP contribution < -0.4 is 11.1 Å². The molecule has 1 atom stereocenters. The number of carbonyl (C=O) groups is 2. The van der Waals surface area contributed by atoms with Gasteiger partial charge >= 0.3 is 6.18 Å². The highest BCUT2D eigenvalue weighted by atomic mass is 32.1. The van der Waals surface area contributed by atoms with E-state index >= 15 is 0 Å². The number of nitrogens with one attached hydrogen (secondary N) is 1. The molecule has 0 radical (unpaired) electrons. The topological polar surface area (TPSA) is 90.0 Å². The standard InChI is InChI=1S/C15H15F3N4O2S/c16-15(17,18)12-2-1-11(25-12)14(24)20-6-8-3-4-22-10(5-8)9(7-21-22)13(19)23/h1-2,7-8H,3-6H2,(H2,19,23)(H,20,24). The first-order valence-electron chi connectivity index (χ1n) is 7.55. The van der Waals surface area contributed by atoms with Crippen LogP contribution in [0.2, 0.25) is 0 Å². The molecule has 10 heteroatoms. The zero-order valence-electron chi connectivity index (χ0n) is 13.0. The summed E-state index contributed by atoms with van der Waals surface area (Å²) in [5.41, 5.74) is 6.41. The number of nitrogens with zero attached hydrogens (tertiary/aromatic N) is 2. The highest BCUT2D eigenvalue weighted by molar-refractivity contribution is 7.14. The van der Waals surface area contributed by atoms with Crippen LogP contribution in [0.5, 0.6) is 0 Å². The molecule has 1 aliphatic heterocycles. The first-order chi connectivity index (χ1) is 11.8. The van der Waals surface area contributed by atoms with Crippen molar-refractivity contribution in [3.8, 4) is 0 Å². The number of nitrogens with two attached hydrogens (primary N) is 1. The Labute approximate surface area is 144 Å². The number of thiophene rings is 1. The van der Waals surface area contributed by atoms with Gasteiger partial charge in [-0.15, -0.1) is 11.3 Å². The van der Waals surface area contributed by atoms with E-state index in [0.29, 0.717) is 36.4 Å². The van der Waals surface area contributed by atoms with E-state index in [9.17, 15) is 22.8 Å². The van der Waals surface area contributed by atoms with Gasteiger partial charge in [0.25, 0.3) is 11.8 Å². The molecular weight excluding hydrogens is 357 g/mol. The minimum absolute atomic E-state index is 0.0194. The second-order valence-corrected chi connectivity index (χ2v) is 6.91. The number of hydrogen-bond donors (Lipinski definition) is 2. The highest BCUT2D eigenvalue weighted by Crippen LogP contribution is 2.34. The van der Waals surface area contributed by atoms with Crippen molar-refractivity contribution in [2.75, 3.05) is 6.54 Å². The maximum Gasteiger partial charge on any atom is 0.425 e. The van der Waals surface area contributed by atoms with Gasteiger partial charge in [0, 0.05) is 13.1 Å². The summed E-state index contributed by atoms with van der Waals surface area (Å²) < 4.78 is 39.5. The maximum absolute atomic E-state index is 12.6. The zero-order valence-corrected chi connectivity index (χ0v) is 13.8. The monoisotopic (exact) mass is 372 g/mol. The van der Waals surface area contributed by atoms with Crippen LogP contribution in [-0.4, -0.2) is 28.1 Å². The van der Waals surface area contributed by atoms with E-state index in [1.165, 1.54) is 12.3 Å². The van der Waals surface area contributed by atoms with E-state index in [4.69, 9.17) is 5.73 Å². The number of carbonyl (C=O) groups excluding carboxylic acids is 2. The van der Waals surface area contributed by atoms with Crippen molar-refractivity contribution in [1.29, 1.82) is 0 Å². The maximum atomic E-state index is 12.6. The Morgan fingerprint density at radius 1 is 1.40 bits per heavy atom. The lowest BCUT2D eigenvalue weighted by Crippen LogP contribution is -2.33. The molecule has 0 saturated heterocycles. The third-order valence-corrected chi connectivity index (χ3v) is 5.23. The lowest BCUT2D eigenvalue weighted by molar-refractivity contribution is -0.134. The average Bonchev–Trinajstić information content (AvgIpc) is 3.18. The summed E-state index contributed by atoms with van der Waals surface area (Å²) >= 11 is 0.418. The quantitative estimate of drug-likeness (QED) is 0.861. The molecule has 0 bridgehead atoms. The number of hydrogen-bond acceptors (Lipinski definition) is 4. The number of aryl methyl sites for hydroxylation is 1.